The van der Waals surface area contributed by atoms with E-state index in [0.717, 1.165) is 12.0 Å². The summed E-state index contributed by atoms with van der Waals surface area (Å²) in [5.74, 6) is 0.398. The van der Waals surface area contributed by atoms with Crippen molar-refractivity contribution in [2.75, 3.05) is 11.4 Å². The van der Waals surface area contributed by atoms with Gasteiger partial charge >= 0.3 is 0 Å². The van der Waals surface area contributed by atoms with Gasteiger partial charge in [-0.3, -0.25) is 14.5 Å². The summed E-state index contributed by atoms with van der Waals surface area (Å²) in [7, 11) is 0. The highest BCUT2D eigenvalue weighted by atomic mass is 16.2. The van der Waals surface area contributed by atoms with Crippen molar-refractivity contribution in [1.82, 2.24) is 4.98 Å². The third-order valence-corrected chi connectivity index (χ3v) is 2.48. The number of hydrogen-bond acceptors (Lipinski definition) is 3. The zero-order chi connectivity index (χ0) is 10.8. The predicted octanol–water partition coefficient (Wildman–Crippen LogP) is 0.950. The van der Waals surface area contributed by atoms with Crippen molar-refractivity contribution in [2.45, 2.75) is 19.8 Å². The van der Waals surface area contributed by atoms with Gasteiger partial charge in [-0.1, -0.05) is 6.92 Å². The van der Waals surface area contributed by atoms with Crippen LogP contribution < -0.4 is 4.90 Å². The van der Waals surface area contributed by atoms with Crippen LogP contribution in [0.25, 0.3) is 0 Å². The lowest BCUT2D eigenvalue weighted by atomic mass is 10.2. The van der Waals surface area contributed by atoms with Crippen LogP contribution in [0.2, 0.25) is 0 Å². The molecular weight excluding hydrogens is 192 g/mol. The molecule has 0 atom stereocenters. The fourth-order valence-electron chi connectivity index (χ4n) is 1.62. The van der Waals surface area contributed by atoms with Crippen LogP contribution in [0.1, 0.15) is 18.9 Å². The number of amides is 1. The molecule has 0 saturated carbocycles. The van der Waals surface area contributed by atoms with Gasteiger partial charge in [0.1, 0.15) is 5.82 Å². The largest absolute Gasteiger partial charge is 0.297 e. The SMILES string of the molecule is CCc1ccnc(N2CC(=O)CC2=O)c1. The van der Waals surface area contributed by atoms with E-state index in [4.69, 9.17) is 0 Å². The standard InChI is InChI=1S/C11H12N2O2/c1-2-8-3-4-12-10(5-8)13-7-9(14)6-11(13)15/h3-5H,2,6-7H2,1H3. The molecular formula is C11H12N2O2. The van der Waals surface area contributed by atoms with E-state index in [-0.39, 0.29) is 24.7 Å². The Hall–Kier alpha value is -1.71. The third kappa shape index (κ3) is 1.88. The molecule has 4 nitrogen and oxygen atoms in total. The van der Waals surface area contributed by atoms with Gasteiger partial charge in [0.2, 0.25) is 5.91 Å². The fourth-order valence-corrected chi connectivity index (χ4v) is 1.62. The second-order valence-electron chi connectivity index (χ2n) is 3.57. The van der Waals surface area contributed by atoms with Gasteiger partial charge in [-0.15, -0.1) is 0 Å². The summed E-state index contributed by atoms with van der Waals surface area (Å²) >= 11 is 0. The molecule has 1 aliphatic rings. The van der Waals surface area contributed by atoms with Crippen molar-refractivity contribution in [1.29, 1.82) is 0 Å². The average molecular weight is 204 g/mol. The zero-order valence-corrected chi connectivity index (χ0v) is 8.56. The number of hydrogen-bond donors (Lipinski definition) is 0. The number of pyridine rings is 1. The predicted molar refractivity (Wildman–Crippen MR) is 55.6 cm³/mol. The summed E-state index contributed by atoms with van der Waals surface area (Å²) in [6.45, 7) is 2.20. The number of aromatic nitrogens is 1. The number of rotatable bonds is 2. The Morgan fingerprint density at radius 3 is 2.87 bits per heavy atom. The van der Waals surface area contributed by atoms with E-state index in [9.17, 15) is 9.59 Å². The van der Waals surface area contributed by atoms with E-state index >= 15 is 0 Å². The molecule has 0 unspecified atom stereocenters. The van der Waals surface area contributed by atoms with Crippen molar-refractivity contribution < 1.29 is 9.59 Å². The minimum atomic E-state index is -0.152. The summed E-state index contributed by atoms with van der Waals surface area (Å²) in [6.07, 6.45) is 2.58. The number of Topliss-reactive ketones (excluding diaryl/α,β-unsaturated/α-hetero) is 1. The molecule has 1 aliphatic heterocycles. The summed E-state index contributed by atoms with van der Waals surface area (Å²) in [5.41, 5.74) is 1.12. The molecule has 2 heterocycles. The number of aryl methyl sites for hydroxylation is 1. The van der Waals surface area contributed by atoms with E-state index in [2.05, 4.69) is 4.98 Å². The van der Waals surface area contributed by atoms with E-state index < -0.39 is 0 Å². The highest BCUT2D eigenvalue weighted by Crippen LogP contribution is 2.18. The first-order chi connectivity index (χ1) is 7.20. The van der Waals surface area contributed by atoms with Crippen molar-refractivity contribution in [3.8, 4) is 0 Å². The van der Waals surface area contributed by atoms with Crippen LogP contribution in [-0.2, 0) is 16.0 Å². The van der Waals surface area contributed by atoms with E-state index in [1.807, 2.05) is 19.1 Å². The molecule has 78 valence electrons. The van der Waals surface area contributed by atoms with Crippen LogP contribution in [-0.4, -0.2) is 23.2 Å². The number of nitrogens with zero attached hydrogens (tertiary/aromatic N) is 2. The molecule has 0 aliphatic carbocycles. The summed E-state index contributed by atoms with van der Waals surface area (Å²) in [6, 6.07) is 3.77. The number of carbonyl (C=O) groups excluding carboxylic acids is 2. The number of carbonyl (C=O) groups is 2. The molecule has 1 fully saturated rings. The first-order valence-electron chi connectivity index (χ1n) is 4.97. The topological polar surface area (TPSA) is 50.3 Å². The van der Waals surface area contributed by atoms with Gasteiger partial charge in [0.25, 0.3) is 0 Å². The number of anilines is 1. The Kier molecular flexibility index (Phi) is 2.49. The van der Waals surface area contributed by atoms with Crippen molar-refractivity contribution in [2.24, 2.45) is 0 Å². The lowest BCUT2D eigenvalue weighted by molar-refractivity contribution is -0.121. The normalized spacial score (nSPS) is 16.2. The molecule has 1 aromatic heterocycles. The fraction of sp³-hybridized carbons (Fsp3) is 0.364. The van der Waals surface area contributed by atoms with Gasteiger partial charge in [0.05, 0.1) is 13.0 Å². The van der Waals surface area contributed by atoms with Gasteiger partial charge in [-0.05, 0) is 24.1 Å². The molecule has 4 heteroatoms. The van der Waals surface area contributed by atoms with Crippen LogP contribution in [0, 0.1) is 0 Å². The molecule has 2 rings (SSSR count). The molecule has 1 amide bonds. The maximum absolute atomic E-state index is 11.4. The van der Waals surface area contributed by atoms with Gasteiger partial charge in [0, 0.05) is 6.20 Å². The van der Waals surface area contributed by atoms with Crippen LogP contribution >= 0.6 is 0 Å². The van der Waals surface area contributed by atoms with Crippen molar-refractivity contribution in [3.63, 3.8) is 0 Å². The minimum absolute atomic E-state index is 0.0119. The monoisotopic (exact) mass is 204 g/mol. The van der Waals surface area contributed by atoms with Crippen LogP contribution in [0.3, 0.4) is 0 Å². The molecule has 0 bridgehead atoms. The lowest BCUT2D eigenvalue weighted by Crippen LogP contribution is -2.25. The first kappa shape index (κ1) is 9.83. The zero-order valence-electron chi connectivity index (χ0n) is 8.56. The highest BCUT2D eigenvalue weighted by Gasteiger charge is 2.29. The smallest absolute Gasteiger partial charge is 0.236 e. The van der Waals surface area contributed by atoms with Gasteiger partial charge in [-0.2, -0.15) is 0 Å². The van der Waals surface area contributed by atoms with Crippen molar-refractivity contribution >= 4 is 17.5 Å². The number of ketones is 1. The Labute approximate surface area is 87.9 Å². The van der Waals surface area contributed by atoms with E-state index in [0.29, 0.717) is 5.82 Å². The summed E-state index contributed by atoms with van der Waals surface area (Å²) in [5, 5.41) is 0. The molecule has 1 saturated heterocycles. The molecule has 0 radical (unpaired) electrons. The molecule has 0 N–H and O–H groups in total. The van der Waals surface area contributed by atoms with Gasteiger partial charge in [0.15, 0.2) is 5.78 Å². The highest BCUT2D eigenvalue weighted by molar-refractivity contribution is 6.14. The average Bonchev–Trinajstić information content (AvgIpc) is 2.58. The van der Waals surface area contributed by atoms with Crippen LogP contribution in [0.4, 0.5) is 5.82 Å². The maximum atomic E-state index is 11.4. The third-order valence-electron chi connectivity index (χ3n) is 2.48. The summed E-state index contributed by atoms with van der Waals surface area (Å²) < 4.78 is 0. The Balaban J connectivity index is 2.29. The van der Waals surface area contributed by atoms with E-state index in [1.165, 1.54) is 4.90 Å². The van der Waals surface area contributed by atoms with Crippen molar-refractivity contribution in [3.05, 3.63) is 23.9 Å². The maximum Gasteiger partial charge on any atom is 0.236 e. The van der Waals surface area contributed by atoms with E-state index in [1.54, 1.807) is 6.20 Å². The van der Waals surface area contributed by atoms with Crippen LogP contribution in [0.15, 0.2) is 18.3 Å². The molecule has 1 aromatic rings. The van der Waals surface area contributed by atoms with Crippen LogP contribution in [0.5, 0.6) is 0 Å². The second kappa shape index (κ2) is 3.81. The molecule has 15 heavy (non-hydrogen) atoms. The quantitative estimate of drug-likeness (QED) is 0.674. The van der Waals surface area contributed by atoms with Gasteiger partial charge < -0.3 is 0 Å². The molecule has 0 spiro atoms. The van der Waals surface area contributed by atoms with Gasteiger partial charge in [-0.25, -0.2) is 4.98 Å². The first-order valence-corrected chi connectivity index (χ1v) is 4.97. The Morgan fingerprint density at radius 1 is 1.47 bits per heavy atom. The second-order valence-corrected chi connectivity index (χ2v) is 3.57. The Morgan fingerprint density at radius 2 is 2.27 bits per heavy atom. The summed E-state index contributed by atoms with van der Waals surface area (Å²) in [4.78, 5) is 28.1. The lowest BCUT2D eigenvalue weighted by Gasteiger charge is -2.13. The molecule has 0 aromatic carbocycles. The minimum Gasteiger partial charge on any atom is -0.297 e. The Bertz CT molecular complexity index is 415.